The number of hydrogen-bond acceptors (Lipinski definition) is 5. The number of rotatable bonds is 4. The summed E-state index contributed by atoms with van der Waals surface area (Å²) >= 11 is 0. The molecule has 0 aromatic heterocycles. The van der Waals surface area contributed by atoms with Gasteiger partial charge in [-0.1, -0.05) is 0 Å². The van der Waals surface area contributed by atoms with Gasteiger partial charge in [-0.2, -0.15) is 0 Å². The lowest BCUT2D eigenvalue weighted by molar-refractivity contribution is -0.171. The van der Waals surface area contributed by atoms with E-state index in [9.17, 15) is 15.0 Å². The molecular formula is C12H22O5. The van der Waals surface area contributed by atoms with E-state index in [1.807, 2.05) is 0 Å². The van der Waals surface area contributed by atoms with Crippen molar-refractivity contribution < 1.29 is 24.5 Å². The molecule has 0 aromatic rings. The van der Waals surface area contributed by atoms with Crippen molar-refractivity contribution in [1.82, 2.24) is 0 Å². The number of aliphatic hydroxyl groups is 2. The molecule has 100 valence electrons. The van der Waals surface area contributed by atoms with Crippen LogP contribution in [-0.2, 0) is 14.3 Å². The van der Waals surface area contributed by atoms with Gasteiger partial charge in [0.15, 0.2) is 0 Å². The Morgan fingerprint density at radius 3 is 2.65 bits per heavy atom. The minimum Gasteiger partial charge on any atom is -0.463 e. The van der Waals surface area contributed by atoms with Gasteiger partial charge >= 0.3 is 5.97 Å². The van der Waals surface area contributed by atoms with Gasteiger partial charge in [0.05, 0.1) is 17.3 Å². The first-order valence-electron chi connectivity index (χ1n) is 5.87. The fourth-order valence-electron chi connectivity index (χ4n) is 1.98. The van der Waals surface area contributed by atoms with Crippen LogP contribution < -0.4 is 0 Å². The Bertz CT molecular complexity index is 283. The Morgan fingerprint density at radius 2 is 2.24 bits per heavy atom. The van der Waals surface area contributed by atoms with Gasteiger partial charge in [0.1, 0.15) is 12.7 Å². The molecule has 1 heterocycles. The maximum atomic E-state index is 10.7. The van der Waals surface area contributed by atoms with Gasteiger partial charge in [-0.15, -0.1) is 0 Å². The van der Waals surface area contributed by atoms with Crippen LogP contribution in [0.5, 0.6) is 0 Å². The van der Waals surface area contributed by atoms with E-state index in [1.54, 1.807) is 20.8 Å². The molecule has 17 heavy (non-hydrogen) atoms. The highest BCUT2D eigenvalue weighted by molar-refractivity contribution is 5.65. The van der Waals surface area contributed by atoms with E-state index in [0.717, 1.165) is 0 Å². The predicted molar refractivity (Wildman–Crippen MR) is 61.4 cm³/mol. The lowest BCUT2D eigenvalue weighted by Gasteiger charge is -2.33. The first kappa shape index (κ1) is 14.4. The van der Waals surface area contributed by atoms with Gasteiger partial charge in [-0.3, -0.25) is 4.79 Å². The number of aliphatic hydroxyl groups excluding tert-OH is 1. The molecule has 1 rings (SSSR count). The summed E-state index contributed by atoms with van der Waals surface area (Å²) in [5.74, 6) is -0.426. The summed E-state index contributed by atoms with van der Waals surface area (Å²) in [6.07, 6.45) is 0.125. The van der Waals surface area contributed by atoms with Gasteiger partial charge in [0.2, 0.25) is 0 Å². The number of esters is 1. The van der Waals surface area contributed by atoms with Crippen molar-refractivity contribution in [3.8, 4) is 0 Å². The van der Waals surface area contributed by atoms with Crippen LogP contribution in [0.1, 0.15) is 40.5 Å². The SMILES string of the molecule is CC(=O)OC[C@@H](O)[C@@]1(C)CC[C@@H](C(C)(C)O)O1. The smallest absolute Gasteiger partial charge is 0.302 e. The van der Waals surface area contributed by atoms with Crippen LogP contribution in [0.15, 0.2) is 0 Å². The van der Waals surface area contributed by atoms with E-state index in [2.05, 4.69) is 0 Å². The standard InChI is InChI=1S/C12H22O5/c1-8(13)16-7-9(14)12(4)6-5-10(17-12)11(2,3)15/h9-10,14-15H,5-7H2,1-4H3/t9-,10+,12-/m1/s1. The molecule has 0 radical (unpaired) electrons. The highest BCUT2D eigenvalue weighted by Gasteiger charge is 2.46. The van der Waals surface area contributed by atoms with Crippen molar-refractivity contribution in [3.05, 3.63) is 0 Å². The van der Waals surface area contributed by atoms with Crippen molar-refractivity contribution in [3.63, 3.8) is 0 Å². The molecule has 5 heteroatoms. The third kappa shape index (κ3) is 3.66. The molecule has 0 unspecified atom stereocenters. The van der Waals surface area contributed by atoms with Crippen molar-refractivity contribution in [2.75, 3.05) is 6.61 Å². The molecule has 1 saturated heterocycles. The Morgan fingerprint density at radius 1 is 1.65 bits per heavy atom. The minimum absolute atomic E-state index is 0.0790. The molecular weight excluding hydrogens is 224 g/mol. The van der Waals surface area contributed by atoms with Crippen molar-refractivity contribution >= 4 is 5.97 Å². The third-order valence-corrected chi connectivity index (χ3v) is 3.25. The number of carbonyl (C=O) groups is 1. The predicted octanol–water partition coefficient (Wildman–Crippen LogP) is 0.619. The van der Waals surface area contributed by atoms with Gasteiger partial charge in [-0.25, -0.2) is 0 Å². The molecule has 0 aromatic carbocycles. The number of carbonyl (C=O) groups excluding carboxylic acids is 1. The third-order valence-electron chi connectivity index (χ3n) is 3.25. The van der Waals surface area contributed by atoms with E-state index >= 15 is 0 Å². The maximum absolute atomic E-state index is 10.7. The minimum atomic E-state index is -0.932. The zero-order valence-electron chi connectivity index (χ0n) is 10.9. The van der Waals surface area contributed by atoms with E-state index in [0.29, 0.717) is 12.8 Å². The molecule has 3 atom stereocenters. The Kier molecular flexibility index (Phi) is 4.17. The summed E-state index contributed by atoms with van der Waals surface area (Å²) in [5.41, 5.74) is -1.70. The highest BCUT2D eigenvalue weighted by atomic mass is 16.6. The van der Waals surface area contributed by atoms with Crippen molar-refractivity contribution in [2.24, 2.45) is 0 Å². The van der Waals surface area contributed by atoms with Crippen LogP contribution in [0.3, 0.4) is 0 Å². The zero-order valence-corrected chi connectivity index (χ0v) is 10.9. The molecule has 1 aliphatic heterocycles. The molecule has 0 bridgehead atoms. The van der Waals surface area contributed by atoms with E-state index < -0.39 is 23.3 Å². The lowest BCUT2D eigenvalue weighted by Crippen LogP contribution is -2.45. The summed E-state index contributed by atoms with van der Waals surface area (Å²) < 4.78 is 10.5. The fraction of sp³-hybridized carbons (Fsp3) is 0.917. The van der Waals surface area contributed by atoms with Gasteiger partial charge < -0.3 is 19.7 Å². The number of ether oxygens (including phenoxy) is 2. The van der Waals surface area contributed by atoms with Gasteiger partial charge in [0, 0.05) is 6.92 Å². The number of hydrogen-bond donors (Lipinski definition) is 2. The monoisotopic (exact) mass is 246 g/mol. The van der Waals surface area contributed by atoms with E-state index in [1.165, 1.54) is 6.92 Å². The second-order valence-electron chi connectivity index (χ2n) is 5.43. The second kappa shape index (κ2) is 4.92. The Hall–Kier alpha value is -0.650. The second-order valence-corrected chi connectivity index (χ2v) is 5.43. The Balaban J connectivity index is 2.56. The van der Waals surface area contributed by atoms with Crippen LogP contribution in [-0.4, -0.2) is 46.2 Å². The molecule has 1 aliphatic rings. The largest absolute Gasteiger partial charge is 0.463 e. The van der Waals surface area contributed by atoms with E-state index in [-0.39, 0.29) is 12.7 Å². The molecule has 0 spiro atoms. The molecule has 0 amide bonds. The molecule has 1 fully saturated rings. The van der Waals surface area contributed by atoms with Crippen molar-refractivity contribution in [1.29, 1.82) is 0 Å². The topological polar surface area (TPSA) is 76.0 Å². The molecule has 0 aliphatic carbocycles. The van der Waals surface area contributed by atoms with Crippen LogP contribution >= 0.6 is 0 Å². The Labute approximate surface area is 102 Å². The van der Waals surface area contributed by atoms with Crippen LogP contribution in [0.25, 0.3) is 0 Å². The molecule has 0 saturated carbocycles. The first-order chi connectivity index (χ1) is 7.65. The highest BCUT2D eigenvalue weighted by Crippen LogP contribution is 2.37. The fourth-order valence-corrected chi connectivity index (χ4v) is 1.98. The molecule has 2 N–H and O–H groups in total. The zero-order chi connectivity index (χ0) is 13.3. The average molecular weight is 246 g/mol. The van der Waals surface area contributed by atoms with Crippen LogP contribution in [0, 0.1) is 0 Å². The summed E-state index contributed by atoms with van der Waals surface area (Å²) in [5, 5.41) is 19.8. The normalized spacial score (nSPS) is 31.3. The summed E-state index contributed by atoms with van der Waals surface area (Å²) in [4.78, 5) is 10.7. The summed E-state index contributed by atoms with van der Waals surface area (Å²) in [7, 11) is 0. The first-order valence-corrected chi connectivity index (χ1v) is 5.87. The van der Waals surface area contributed by atoms with Crippen LogP contribution in [0.2, 0.25) is 0 Å². The molecule has 5 nitrogen and oxygen atoms in total. The van der Waals surface area contributed by atoms with Gasteiger partial charge in [-0.05, 0) is 33.6 Å². The maximum Gasteiger partial charge on any atom is 0.302 e. The quantitative estimate of drug-likeness (QED) is 0.711. The van der Waals surface area contributed by atoms with Gasteiger partial charge in [0.25, 0.3) is 0 Å². The average Bonchev–Trinajstić information content (AvgIpc) is 2.58. The van der Waals surface area contributed by atoms with E-state index in [4.69, 9.17) is 9.47 Å². The van der Waals surface area contributed by atoms with Crippen LogP contribution in [0.4, 0.5) is 0 Å². The summed E-state index contributed by atoms with van der Waals surface area (Å²) in [6.45, 7) is 6.35. The lowest BCUT2D eigenvalue weighted by atomic mass is 9.94. The van der Waals surface area contributed by atoms with Crippen molar-refractivity contribution in [2.45, 2.75) is 63.9 Å². The summed E-state index contributed by atoms with van der Waals surface area (Å²) in [6, 6.07) is 0.